The highest BCUT2D eigenvalue weighted by Crippen LogP contribution is 2.29. The average molecular weight is 309 g/mol. The summed E-state index contributed by atoms with van der Waals surface area (Å²) >= 11 is 0. The first-order chi connectivity index (χ1) is 11.1. The van der Waals surface area contributed by atoms with Crippen molar-refractivity contribution in [1.82, 2.24) is 0 Å². The Morgan fingerprint density at radius 1 is 1.30 bits per heavy atom. The maximum Gasteiger partial charge on any atom is 0.244 e. The van der Waals surface area contributed by atoms with Crippen LogP contribution in [0.2, 0.25) is 0 Å². The lowest BCUT2D eigenvalue weighted by Crippen LogP contribution is -2.44. The summed E-state index contributed by atoms with van der Waals surface area (Å²) in [6, 6.07) is 12.8. The van der Waals surface area contributed by atoms with Crippen molar-refractivity contribution in [3.8, 4) is 6.07 Å². The van der Waals surface area contributed by atoms with Crippen LogP contribution in [0, 0.1) is 17.1 Å². The number of benzene rings is 2. The molecule has 0 saturated carbocycles. The summed E-state index contributed by atoms with van der Waals surface area (Å²) in [5.74, 6) is -0.567. The van der Waals surface area contributed by atoms with Crippen molar-refractivity contribution in [2.24, 2.45) is 5.73 Å². The monoisotopic (exact) mass is 309 g/mol. The molecule has 0 fully saturated rings. The minimum absolute atomic E-state index is 0.210. The number of rotatable bonds is 3. The van der Waals surface area contributed by atoms with Crippen molar-refractivity contribution >= 4 is 11.6 Å². The molecule has 1 aliphatic rings. The van der Waals surface area contributed by atoms with Crippen molar-refractivity contribution < 1.29 is 9.18 Å². The Kier molecular flexibility index (Phi) is 4.09. The molecule has 2 aromatic carbocycles. The van der Waals surface area contributed by atoms with Crippen LogP contribution < -0.4 is 10.6 Å². The number of amides is 1. The third kappa shape index (κ3) is 3.08. The Bertz CT molecular complexity index is 780. The molecular formula is C18H16FN3O. The van der Waals surface area contributed by atoms with Crippen LogP contribution in [0.5, 0.6) is 0 Å². The van der Waals surface area contributed by atoms with E-state index in [9.17, 15) is 9.18 Å². The van der Waals surface area contributed by atoms with Crippen LogP contribution in [-0.2, 0) is 17.6 Å². The van der Waals surface area contributed by atoms with Crippen molar-refractivity contribution in [3.63, 3.8) is 0 Å². The second-order valence-corrected chi connectivity index (χ2v) is 5.63. The van der Waals surface area contributed by atoms with E-state index in [-0.39, 0.29) is 11.7 Å². The minimum Gasteiger partial charge on any atom is -0.320 e. The number of nitrogens with two attached hydrogens (primary N) is 1. The molecule has 2 aromatic rings. The number of fused-ring (bicyclic) bond motifs is 1. The molecule has 4 nitrogen and oxygen atoms in total. The van der Waals surface area contributed by atoms with E-state index < -0.39 is 6.04 Å². The van der Waals surface area contributed by atoms with Crippen LogP contribution >= 0.6 is 0 Å². The van der Waals surface area contributed by atoms with E-state index in [0.717, 1.165) is 11.1 Å². The van der Waals surface area contributed by atoms with Crippen molar-refractivity contribution in [3.05, 3.63) is 65.0 Å². The van der Waals surface area contributed by atoms with Gasteiger partial charge in [-0.3, -0.25) is 4.79 Å². The fourth-order valence-corrected chi connectivity index (χ4v) is 2.84. The van der Waals surface area contributed by atoms with Gasteiger partial charge in [0.1, 0.15) is 5.82 Å². The summed E-state index contributed by atoms with van der Waals surface area (Å²) in [7, 11) is 0. The molecule has 116 valence electrons. The van der Waals surface area contributed by atoms with Gasteiger partial charge >= 0.3 is 0 Å². The smallest absolute Gasteiger partial charge is 0.244 e. The first kappa shape index (κ1) is 15.2. The summed E-state index contributed by atoms with van der Waals surface area (Å²) < 4.78 is 13.4. The first-order valence-electron chi connectivity index (χ1n) is 7.43. The van der Waals surface area contributed by atoms with E-state index in [4.69, 9.17) is 11.0 Å². The Morgan fingerprint density at radius 3 is 2.74 bits per heavy atom. The Labute approximate surface area is 133 Å². The highest BCUT2D eigenvalue weighted by Gasteiger charge is 2.28. The third-order valence-corrected chi connectivity index (χ3v) is 4.06. The molecule has 0 bridgehead atoms. The number of hydrogen-bond acceptors (Lipinski definition) is 3. The minimum atomic E-state index is -0.697. The number of nitriles is 1. The van der Waals surface area contributed by atoms with Gasteiger partial charge in [-0.05, 0) is 48.2 Å². The van der Waals surface area contributed by atoms with Gasteiger partial charge in [-0.1, -0.05) is 18.2 Å². The second-order valence-electron chi connectivity index (χ2n) is 5.63. The molecule has 2 N–H and O–H groups in total. The van der Waals surface area contributed by atoms with Crippen LogP contribution in [0.1, 0.15) is 16.7 Å². The van der Waals surface area contributed by atoms with Gasteiger partial charge in [0.25, 0.3) is 0 Å². The van der Waals surface area contributed by atoms with Gasteiger partial charge < -0.3 is 10.6 Å². The Morgan fingerprint density at radius 2 is 2.04 bits per heavy atom. The second kappa shape index (κ2) is 6.19. The zero-order chi connectivity index (χ0) is 16.4. The quantitative estimate of drug-likeness (QED) is 0.944. The van der Waals surface area contributed by atoms with Crippen LogP contribution in [0.15, 0.2) is 42.5 Å². The van der Waals surface area contributed by atoms with Gasteiger partial charge in [-0.2, -0.15) is 5.26 Å². The van der Waals surface area contributed by atoms with Gasteiger partial charge in [-0.25, -0.2) is 4.39 Å². The first-order valence-corrected chi connectivity index (χ1v) is 7.43. The summed E-state index contributed by atoms with van der Waals surface area (Å²) in [6.07, 6.45) is 1.09. The van der Waals surface area contributed by atoms with Gasteiger partial charge in [0.2, 0.25) is 5.91 Å². The number of nitrogens with zero attached hydrogens (tertiary/aromatic N) is 2. The SMILES string of the molecule is N#Cc1ccc(CC(N)C(=O)N2CCc3ccc(F)cc32)cc1. The average Bonchev–Trinajstić information content (AvgIpc) is 2.97. The fraction of sp³-hybridized carbons (Fsp3) is 0.222. The standard InChI is InChI=1S/C18H16FN3O/c19-15-6-5-14-7-8-22(17(14)10-15)18(23)16(21)9-12-1-3-13(11-20)4-2-12/h1-6,10,16H,7-9,21H2. The van der Waals surface area contributed by atoms with Gasteiger partial charge in [0, 0.05) is 12.2 Å². The van der Waals surface area contributed by atoms with Crippen molar-refractivity contribution in [2.75, 3.05) is 11.4 Å². The molecule has 1 amide bonds. The van der Waals surface area contributed by atoms with Gasteiger partial charge in [0.15, 0.2) is 0 Å². The molecule has 0 spiro atoms. The summed E-state index contributed by atoms with van der Waals surface area (Å²) in [6.45, 7) is 0.526. The molecule has 0 aliphatic carbocycles. The van der Waals surface area contributed by atoms with Crippen LogP contribution in [0.3, 0.4) is 0 Å². The number of hydrogen-bond donors (Lipinski definition) is 1. The highest BCUT2D eigenvalue weighted by molar-refractivity contribution is 5.99. The van der Waals surface area contributed by atoms with E-state index in [0.29, 0.717) is 30.6 Å². The van der Waals surface area contributed by atoms with E-state index in [1.807, 2.05) is 6.07 Å². The summed E-state index contributed by atoms with van der Waals surface area (Å²) in [4.78, 5) is 14.1. The lowest BCUT2D eigenvalue weighted by molar-refractivity contribution is -0.119. The lowest BCUT2D eigenvalue weighted by atomic mass is 10.0. The normalized spacial score (nSPS) is 14.2. The number of carbonyl (C=O) groups excluding carboxylic acids is 1. The zero-order valence-electron chi connectivity index (χ0n) is 12.5. The Balaban J connectivity index is 1.73. The summed E-state index contributed by atoms with van der Waals surface area (Å²) in [5, 5.41) is 8.79. The molecule has 0 aromatic heterocycles. The predicted molar refractivity (Wildman–Crippen MR) is 85.3 cm³/mol. The maximum atomic E-state index is 13.4. The molecule has 1 aliphatic heterocycles. The van der Waals surface area contributed by atoms with E-state index in [1.54, 1.807) is 35.2 Å². The van der Waals surface area contributed by atoms with E-state index >= 15 is 0 Å². The topological polar surface area (TPSA) is 70.1 Å². The molecule has 5 heteroatoms. The summed E-state index contributed by atoms with van der Waals surface area (Å²) in [5.41, 5.74) is 9.08. The van der Waals surface area contributed by atoms with E-state index in [2.05, 4.69) is 0 Å². The van der Waals surface area contributed by atoms with Gasteiger partial charge in [-0.15, -0.1) is 0 Å². The maximum absolute atomic E-state index is 13.4. The lowest BCUT2D eigenvalue weighted by Gasteiger charge is -2.21. The van der Waals surface area contributed by atoms with Crippen LogP contribution in [0.4, 0.5) is 10.1 Å². The molecule has 0 saturated heterocycles. The van der Waals surface area contributed by atoms with Crippen molar-refractivity contribution in [1.29, 1.82) is 5.26 Å². The largest absolute Gasteiger partial charge is 0.320 e. The third-order valence-electron chi connectivity index (χ3n) is 4.06. The molecule has 0 radical (unpaired) electrons. The highest BCUT2D eigenvalue weighted by atomic mass is 19.1. The van der Waals surface area contributed by atoms with Crippen molar-refractivity contribution in [2.45, 2.75) is 18.9 Å². The number of halogens is 1. The molecular weight excluding hydrogens is 293 g/mol. The van der Waals surface area contributed by atoms with Crippen LogP contribution in [0.25, 0.3) is 0 Å². The Hall–Kier alpha value is -2.71. The predicted octanol–water partition coefficient (Wildman–Crippen LogP) is 2.16. The molecule has 23 heavy (non-hydrogen) atoms. The number of anilines is 1. The number of carbonyl (C=O) groups is 1. The van der Waals surface area contributed by atoms with E-state index in [1.165, 1.54) is 12.1 Å². The molecule has 1 unspecified atom stereocenters. The zero-order valence-corrected chi connectivity index (χ0v) is 12.5. The van der Waals surface area contributed by atoms with Crippen LogP contribution in [-0.4, -0.2) is 18.5 Å². The molecule has 1 atom stereocenters. The molecule has 3 rings (SSSR count). The fourth-order valence-electron chi connectivity index (χ4n) is 2.84. The van der Waals surface area contributed by atoms with Gasteiger partial charge in [0.05, 0.1) is 17.7 Å². The molecule has 1 heterocycles.